The van der Waals surface area contributed by atoms with E-state index >= 15 is 0 Å². The van der Waals surface area contributed by atoms with Crippen molar-refractivity contribution in [2.24, 2.45) is 0 Å². The van der Waals surface area contributed by atoms with Crippen LogP contribution in [0.1, 0.15) is 413 Å². The van der Waals surface area contributed by atoms with Gasteiger partial charge in [0.15, 0.2) is 0 Å². The van der Waals surface area contributed by atoms with Gasteiger partial charge in [-0.3, -0.25) is 0 Å². The standard InChI is InChI=1S/4C18H36O3.Pb/c4*1-2-3-4-5-6-7-8-11-14-17(19)15-12-9-10-13-16-18(20)21;/h4*17,19H,2-16H2,1H3,(H,20,21);/p-4. The number of aliphatic hydroxyl groups excluding tert-OH is 4. The first-order chi connectivity index (χ1) is 40.7. The van der Waals surface area contributed by atoms with E-state index in [0.29, 0.717) is 25.7 Å². The van der Waals surface area contributed by atoms with Crippen molar-refractivity contribution in [1.82, 2.24) is 0 Å². The largest absolute Gasteiger partial charge is 0.550 e. The summed E-state index contributed by atoms with van der Waals surface area (Å²) < 4.78 is 0. The molecule has 508 valence electrons. The van der Waals surface area contributed by atoms with E-state index in [2.05, 4.69) is 27.7 Å². The van der Waals surface area contributed by atoms with Gasteiger partial charge in [0.05, 0.1) is 24.4 Å². The van der Waals surface area contributed by atoms with Gasteiger partial charge in [0.25, 0.3) is 0 Å². The van der Waals surface area contributed by atoms with Crippen molar-refractivity contribution in [3.63, 3.8) is 0 Å². The molecule has 85 heavy (non-hydrogen) atoms. The number of hydrogen-bond acceptors (Lipinski definition) is 12. The molecule has 0 heterocycles. The zero-order chi connectivity index (χ0) is 63.0. The van der Waals surface area contributed by atoms with Gasteiger partial charge in [-0.15, -0.1) is 0 Å². The zero-order valence-corrected chi connectivity index (χ0v) is 60.2. The molecule has 4 radical (unpaired) electrons. The number of hydrogen-bond donors (Lipinski definition) is 4. The topological polar surface area (TPSA) is 241 Å². The molecule has 0 amide bonds. The first-order valence-corrected chi connectivity index (χ1v) is 36.2. The molecule has 0 fully saturated rings. The minimum atomic E-state index is -0.954. The van der Waals surface area contributed by atoms with E-state index in [4.69, 9.17) is 0 Å². The van der Waals surface area contributed by atoms with Crippen molar-refractivity contribution < 1.29 is 60.0 Å². The maximum absolute atomic E-state index is 10.2. The van der Waals surface area contributed by atoms with E-state index in [1.807, 2.05) is 0 Å². The molecule has 12 nitrogen and oxygen atoms in total. The van der Waals surface area contributed by atoms with E-state index in [1.165, 1.54) is 180 Å². The first-order valence-electron chi connectivity index (χ1n) is 36.2. The molecule has 0 aliphatic rings. The molecule has 4 atom stereocenters. The fraction of sp³-hybridized carbons (Fsp3) is 0.944. The minimum absolute atomic E-state index is 0. The van der Waals surface area contributed by atoms with Crippen molar-refractivity contribution in [1.29, 1.82) is 0 Å². The second-order valence-corrected chi connectivity index (χ2v) is 25.0. The number of aliphatic carboxylic acids is 4. The zero-order valence-electron chi connectivity index (χ0n) is 56.3. The van der Waals surface area contributed by atoms with Crippen LogP contribution in [0, 0.1) is 0 Å². The van der Waals surface area contributed by atoms with Gasteiger partial charge < -0.3 is 60.0 Å². The van der Waals surface area contributed by atoms with E-state index in [1.54, 1.807) is 0 Å². The Morgan fingerprint density at radius 2 is 0.318 bits per heavy atom. The Hall–Kier alpha value is -1.36. The summed E-state index contributed by atoms with van der Waals surface area (Å²) in [6, 6.07) is 0. The van der Waals surface area contributed by atoms with Gasteiger partial charge in [-0.25, -0.2) is 0 Å². The number of unbranched alkanes of at least 4 members (excludes halogenated alkanes) is 40. The van der Waals surface area contributed by atoms with Crippen LogP contribution in [0.4, 0.5) is 0 Å². The van der Waals surface area contributed by atoms with Crippen LogP contribution in [0.15, 0.2) is 0 Å². The van der Waals surface area contributed by atoms with Crippen LogP contribution in [0.25, 0.3) is 0 Å². The van der Waals surface area contributed by atoms with Crippen LogP contribution in [-0.4, -0.2) is 96.0 Å². The smallest absolute Gasteiger partial charge is 0.0540 e. The van der Waals surface area contributed by atoms with Gasteiger partial charge >= 0.3 is 0 Å². The van der Waals surface area contributed by atoms with Gasteiger partial charge in [-0.1, -0.05) is 310 Å². The van der Waals surface area contributed by atoms with Gasteiger partial charge in [0, 0.05) is 51.2 Å². The summed E-state index contributed by atoms with van der Waals surface area (Å²) in [6.07, 6.45) is 63.5. The molecular formula is C72H140O12Pb-4. The Balaban J connectivity index is -0.000000333. The Morgan fingerprint density at radius 1 is 0.212 bits per heavy atom. The third-order valence-electron chi connectivity index (χ3n) is 16.2. The van der Waals surface area contributed by atoms with Crippen LogP contribution in [0.5, 0.6) is 0 Å². The average Bonchev–Trinajstić information content (AvgIpc) is 3.45. The molecule has 0 spiro atoms. The first kappa shape index (κ1) is 92.4. The summed E-state index contributed by atoms with van der Waals surface area (Å²) in [5.74, 6) is -3.82. The molecular weight excluding hydrogens is 1260 g/mol. The Kier molecular flexibility index (Phi) is 87.6. The number of carbonyl (C=O) groups is 4. The van der Waals surface area contributed by atoms with Crippen molar-refractivity contribution in [3.05, 3.63) is 0 Å². The molecule has 0 aromatic rings. The van der Waals surface area contributed by atoms with Crippen molar-refractivity contribution in [2.75, 3.05) is 0 Å². The third-order valence-corrected chi connectivity index (χ3v) is 16.2. The van der Waals surface area contributed by atoms with E-state index in [-0.39, 0.29) is 77.4 Å². The van der Waals surface area contributed by atoms with Crippen LogP contribution in [0.2, 0.25) is 0 Å². The molecule has 0 aliphatic carbocycles. The van der Waals surface area contributed by atoms with Gasteiger partial charge in [-0.2, -0.15) is 0 Å². The van der Waals surface area contributed by atoms with Crippen molar-refractivity contribution in [3.8, 4) is 0 Å². The summed E-state index contributed by atoms with van der Waals surface area (Å²) in [4.78, 5) is 40.9. The maximum Gasteiger partial charge on any atom is 0.0540 e. The van der Waals surface area contributed by atoms with Crippen LogP contribution in [0.3, 0.4) is 0 Å². The molecule has 0 bridgehead atoms. The number of aliphatic hydroxyl groups is 4. The molecule has 4 N–H and O–H groups in total. The van der Waals surface area contributed by atoms with Gasteiger partial charge in [0.2, 0.25) is 0 Å². The molecule has 4 unspecified atom stereocenters. The molecule has 0 aromatic heterocycles. The number of carbonyl (C=O) groups excluding carboxylic acids is 4. The SMILES string of the molecule is CCCCCCCCCCC(O)CCCCCCC(=O)[O-].CCCCCCCCCCC(O)CCCCCCC(=O)[O-].CCCCCCCCCCC(O)CCCCCCC(=O)[O-].CCCCCCCCCCC(O)CCCCCCC(=O)[O-].[Pb]. The molecule has 13 heteroatoms. The molecule has 0 aromatic carbocycles. The fourth-order valence-electron chi connectivity index (χ4n) is 10.6. The minimum Gasteiger partial charge on any atom is -0.550 e. The molecule has 0 rings (SSSR count). The summed E-state index contributed by atoms with van der Waals surface area (Å²) in [7, 11) is 0. The fourth-order valence-corrected chi connectivity index (χ4v) is 10.6. The van der Waals surface area contributed by atoms with Crippen LogP contribution < -0.4 is 20.4 Å². The third kappa shape index (κ3) is 96.5. The van der Waals surface area contributed by atoms with Crippen molar-refractivity contribution in [2.45, 2.75) is 437 Å². The monoisotopic (exact) mass is 1410 g/mol. The van der Waals surface area contributed by atoms with Crippen molar-refractivity contribution >= 4 is 51.2 Å². The van der Waals surface area contributed by atoms with Crippen LogP contribution >= 0.6 is 0 Å². The molecule has 0 saturated heterocycles. The van der Waals surface area contributed by atoms with E-state index < -0.39 is 23.9 Å². The van der Waals surface area contributed by atoms with E-state index in [9.17, 15) is 60.0 Å². The summed E-state index contributed by atoms with van der Waals surface area (Å²) in [5.41, 5.74) is 0. The predicted octanol–water partition coefficient (Wildman–Crippen LogP) is 15.5. The number of rotatable bonds is 64. The average molecular weight is 1410 g/mol. The molecule has 0 aliphatic heterocycles. The summed E-state index contributed by atoms with van der Waals surface area (Å²) in [6.45, 7) is 8.96. The second kappa shape index (κ2) is 80.7. The summed E-state index contributed by atoms with van der Waals surface area (Å²) in [5, 5.41) is 80.4. The maximum atomic E-state index is 10.2. The molecule has 0 saturated carbocycles. The number of carboxylic acid groups (broad SMARTS) is 4. The Labute approximate surface area is 545 Å². The normalized spacial score (nSPS) is 12.3. The predicted molar refractivity (Wildman–Crippen MR) is 350 cm³/mol. The summed E-state index contributed by atoms with van der Waals surface area (Å²) >= 11 is 0. The van der Waals surface area contributed by atoms with E-state index in [0.717, 1.165) is 154 Å². The quantitative estimate of drug-likeness (QED) is 0.0328. The Bertz CT molecular complexity index is 1110. The van der Waals surface area contributed by atoms with Gasteiger partial charge in [-0.05, 0) is 103 Å². The second-order valence-electron chi connectivity index (χ2n) is 25.0. The Morgan fingerprint density at radius 3 is 0.435 bits per heavy atom. The van der Waals surface area contributed by atoms with Crippen LogP contribution in [-0.2, 0) is 19.2 Å². The van der Waals surface area contributed by atoms with Gasteiger partial charge in [0.1, 0.15) is 0 Å². The number of carboxylic acids is 4.